The van der Waals surface area contributed by atoms with Crippen LogP contribution in [0.5, 0.6) is 0 Å². The van der Waals surface area contributed by atoms with Crippen LogP contribution in [-0.4, -0.2) is 25.4 Å². The highest BCUT2D eigenvalue weighted by Gasteiger charge is 2.29. The molecule has 0 aliphatic heterocycles. The fraction of sp³-hybridized carbons (Fsp3) is 0.818. The van der Waals surface area contributed by atoms with E-state index in [1.165, 1.54) is 6.33 Å². The number of nitro groups is 1. The molecule has 1 aromatic rings. The largest absolute Gasteiger partial charge is 0.490 e. The summed E-state index contributed by atoms with van der Waals surface area (Å²) in [4.78, 5) is 13.7. The molecule has 0 aliphatic rings. The zero-order valence-corrected chi connectivity index (χ0v) is 11.8. The van der Waals surface area contributed by atoms with E-state index >= 15 is 0 Å². The zero-order chi connectivity index (χ0) is 13.6. The van der Waals surface area contributed by atoms with Crippen LogP contribution in [0.15, 0.2) is 6.33 Å². The van der Waals surface area contributed by atoms with Gasteiger partial charge in [-0.15, -0.1) is 0 Å². The zero-order valence-electron chi connectivity index (χ0n) is 10.9. The second kappa shape index (κ2) is 6.72. The van der Waals surface area contributed by atoms with E-state index in [0.29, 0.717) is 6.54 Å². The van der Waals surface area contributed by atoms with Crippen LogP contribution in [-0.2, 0) is 6.54 Å². The lowest BCUT2D eigenvalue weighted by atomic mass is 9.81. The van der Waals surface area contributed by atoms with Crippen LogP contribution in [0.3, 0.4) is 0 Å². The molecule has 0 N–H and O–H groups in total. The minimum Gasteiger partial charge on any atom is -0.390 e. The highest BCUT2D eigenvalue weighted by molar-refractivity contribution is 7.80. The Morgan fingerprint density at radius 1 is 1.44 bits per heavy atom. The van der Waals surface area contributed by atoms with Crippen molar-refractivity contribution in [3.63, 3.8) is 0 Å². The quantitative estimate of drug-likeness (QED) is 0.448. The Morgan fingerprint density at radius 2 is 2.06 bits per heavy atom. The van der Waals surface area contributed by atoms with Crippen molar-refractivity contribution < 1.29 is 4.92 Å². The summed E-state index contributed by atoms with van der Waals surface area (Å²) in [5, 5.41) is 14.4. The monoisotopic (exact) mass is 272 g/mol. The third-order valence-corrected chi connectivity index (χ3v) is 3.75. The number of nitrogens with zero attached hydrogens (tertiary/aromatic N) is 4. The van der Waals surface area contributed by atoms with Crippen molar-refractivity contribution in [1.29, 1.82) is 0 Å². The molecular formula is C11H20N4O2S. The van der Waals surface area contributed by atoms with E-state index in [-0.39, 0.29) is 11.4 Å². The summed E-state index contributed by atoms with van der Waals surface area (Å²) in [5.74, 6) is 0.415. The molecule has 6 nitrogen and oxygen atoms in total. The fourth-order valence-corrected chi connectivity index (χ4v) is 2.76. The first-order valence-electron chi connectivity index (χ1n) is 6.21. The van der Waals surface area contributed by atoms with Crippen molar-refractivity contribution >= 4 is 18.6 Å². The number of hydrogen-bond donors (Lipinski definition) is 1. The predicted molar refractivity (Wildman–Crippen MR) is 72.8 cm³/mol. The van der Waals surface area contributed by atoms with Crippen molar-refractivity contribution in [2.45, 2.75) is 46.1 Å². The number of rotatable bonds is 8. The van der Waals surface area contributed by atoms with Gasteiger partial charge >= 0.3 is 5.95 Å². The van der Waals surface area contributed by atoms with Gasteiger partial charge in [0.05, 0.1) is 6.54 Å². The molecule has 0 radical (unpaired) electrons. The van der Waals surface area contributed by atoms with Gasteiger partial charge in [-0.25, -0.2) is 0 Å². The lowest BCUT2D eigenvalue weighted by molar-refractivity contribution is -0.394. The van der Waals surface area contributed by atoms with E-state index in [2.05, 4.69) is 36.6 Å². The topological polar surface area (TPSA) is 73.8 Å². The standard InChI is InChI=1S/C11H20N4O2S/c1-3-5-11(8-18,6-4-2)7-14-9-12-10(13-14)15(16)17/h9,18H,3-8H2,1-2H3. The van der Waals surface area contributed by atoms with Gasteiger partial charge in [-0.2, -0.15) is 17.3 Å². The van der Waals surface area contributed by atoms with E-state index in [1.807, 2.05) is 0 Å². The number of aromatic nitrogens is 3. The molecule has 0 aliphatic carbocycles. The van der Waals surface area contributed by atoms with Crippen molar-refractivity contribution in [3.05, 3.63) is 16.4 Å². The fourth-order valence-electron chi connectivity index (χ4n) is 2.34. The van der Waals surface area contributed by atoms with Gasteiger partial charge in [0, 0.05) is 10.5 Å². The lowest BCUT2D eigenvalue weighted by Crippen LogP contribution is -2.29. The summed E-state index contributed by atoms with van der Waals surface area (Å²) < 4.78 is 1.57. The number of thiol groups is 1. The molecule has 0 amide bonds. The molecule has 18 heavy (non-hydrogen) atoms. The van der Waals surface area contributed by atoms with E-state index in [9.17, 15) is 10.1 Å². The van der Waals surface area contributed by atoms with Crippen molar-refractivity contribution in [1.82, 2.24) is 14.8 Å². The molecule has 102 valence electrons. The van der Waals surface area contributed by atoms with Crippen LogP contribution >= 0.6 is 12.6 Å². The molecule has 1 rings (SSSR count). The van der Waals surface area contributed by atoms with Crippen LogP contribution in [0.2, 0.25) is 0 Å². The van der Waals surface area contributed by atoms with Crippen LogP contribution in [0.25, 0.3) is 0 Å². The molecule has 0 spiro atoms. The van der Waals surface area contributed by atoms with Gasteiger partial charge in [0.2, 0.25) is 6.33 Å². The van der Waals surface area contributed by atoms with Crippen LogP contribution in [0.4, 0.5) is 5.95 Å². The first-order valence-corrected chi connectivity index (χ1v) is 6.85. The molecule has 0 saturated carbocycles. The van der Waals surface area contributed by atoms with E-state index in [4.69, 9.17) is 0 Å². The Kier molecular flexibility index (Phi) is 5.58. The Hall–Kier alpha value is -1.11. The molecule has 0 aromatic carbocycles. The Bertz CT molecular complexity index is 388. The molecular weight excluding hydrogens is 252 g/mol. The van der Waals surface area contributed by atoms with Crippen molar-refractivity contribution in [2.75, 3.05) is 5.75 Å². The minimum atomic E-state index is -0.571. The summed E-state index contributed by atoms with van der Waals surface area (Å²) in [6.07, 6.45) is 5.65. The normalized spacial score (nSPS) is 11.7. The average molecular weight is 272 g/mol. The van der Waals surface area contributed by atoms with Crippen molar-refractivity contribution in [3.8, 4) is 0 Å². The Balaban J connectivity index is 2.83. The number of hydrogen-bond acceptors (Lipinski definition) is 5. The Labute approximate surface area is 112 Å². The second-order valence-electron chi connectivity index (χ2n) is 4.66. The van der Waals surface area contributed by atoms with Gasteiger partial charge in [0.25, 0.3) is 0 Å². The van der Waals surface area contributed by atoms with Gasteiger partial charge in [-0.1, -0.05) is 31.7 Å². The minimum absolute atomic E-state index is 0.0498. The van der Waals surface area contributed by atoms with Gasteiger partial charge in [0.15, 0.2) is 0 Å². The summed E-state index contributed by atoms with van der Waals surface area (Å²) in [7, 11) is 0. The summed E-state index contributed by atoms with van der Waals surface area (Å²) in [6, 6.07) is 0. The van der Waals surface area contributed by atoms with Gasteiger partial charge in [-0.3, -0.25) is 0 Å². The maximum absolute atomic E-state index is 10.6. The predicted octanol–water partition coefficient (Wildman–Crippen LogP) is 2.70. The van der Waals surface area contributed by atoms with Crippen LogP contribution < -0.4 is 0 Å². The third kappa shape index (κ3) is 3.69. The lowest BCUT2D eigenvalue weighted by Gasteiger charge is -2.30. The summed E-state index contributed by atoms with van der Waals surface area (Å²) >= 11 is 4.45. The summed E-state index contributed by atoms with van der Waals surface area (Å²) in [6.45, 7) is 4.91. The molecule has 7 heteroatoms. The smallest absolute Gasteiger partial charge is 0.390 e. The maximum Gasteiger partial charge on any atom is 0.490 e. The SMILES string of the molecule is CCCC(CS)(CCC)Cn1cnc([N+](=O)[O-])n1. The van der Waals surface area contributed by atoms with Crippen molar-refractivity contribution in [2.24, 2.45) is 5.41 Å². The van der Waals surface area contributed by atoms with Gasteiger partial charge in [0.1, 0.15) is 0 Å². The molecule has 1 heterocycles. The van der Waals surface area contributed by atoms with Crippen LogP contribution in [0.1, 0.15) is 39.5 Å². The van der Waals surface area contributed by atoms with Gasteiger partial charge < -0.3 is 10.1 Å². The first kappa shape index (κ1) is 14.9. The molecule has 0 fully saturated rings. The average Bonchev–Trinajstić information content (AvgIpc) is 2.78. The Morgan fingerprint density at radius 3 is 2.44 bits per heavy atom. The van der Waals surface area contributed by atoms with E-state index < -0.39 is 4.92 Å². The second-order valence-corrected chi connectivity index (χ2v) is 4.97. The van der Waals surface area contributed by atoms with E-state index in [0.717, 1.165) is 31.4 Å². The third-order valence-electron chi connectivity index (χ3n) is 3.08. The molecule has 0 unspecified atom stereocenters. The molecule has 0 bridgehead atoms. The molecule has 0 atom stereocenters. The van der Waals surface area contributed by atoms with E-state index in [1.54, 1.807) is 4.68 Å². The van der Waals surface area contributed by atoms with Gasteiger partial charge in [-0.05, 0) is 23.5 Å². The highest BCUT2D eigenvalue weighted by atomic mass is 32.1. The highest BCUT2D eigenvalue weighted by Crippen LogP contribution is 2.33. The van der Waals surface area contributed by atoms with Crippen LogP contribution in [0, 0.1) is 15.5 Å². The molecule has 0 saturated heterocycles. The molecule has 1 aromatic heterocycles. The maximum atomic E-state index is 10.6. The summed E-state index contributed by atoms with van der Waals surface area (Å²) in [5.41, 5.74) is 0.0498. The first-order chi connectivity index (χ1) is 8.56.